The second-order valence-corrected chi connectivity index (χ2v) is 11.6. The molecule has 3 heterocycles. The van der Waals surface area contributed by atoms with E-state index in [2.05, 4.69) is 29.8 Å². The predicted molar refractivity (Wildman–Crippen MR) is 150 cm³/mol. The Balaban J connectivity index is 1.58. The minimum atomic E-state index is -0.0662. The highest BCUT2D eigenvalue weighted by Crippen LogP contribution is 2.40. The van der Waals surface area contributed by atoms with E-state index in [9.17, 15) is 9.59 Å². The van der Waals surface area contributed by atoms with E-state index < -0.39 is 0 Å². The summed E-state index contributed by atoms with van der Waals surface area (Å²) in [7, 11) is 0. The number of thiocarbonyl (C=S) groups is 1. The second-order valence-electron chi connectivity index (χ2n) is 8.80. The number of para-hydroxylation sites is 1. The number of nitrogens with one attached hydrogen (secondary N) is 1. The SMILES string of the molecule is CCN1C(=O)/C(=C/c2cc(C)n(-c3sc4c(c3C(=O)Nc3ccccc3)CCCC4)c2C)SC1=S. The van der Waals surface area contributed by atoms with Gasteiger partial charge in [-0.1, -0.05) is 42.2 Å². The molecule has 2 aliphatic rings. The van der Waals surface area contributed by atoms with Crippen molar-refractivity contribution >= 4 is 63.2 Å². The highest BCUT2D eigenvalue weighted by Gasteiger charge is 2.32. The summed E-state index contributed by atoms with van der Waals surface area (Å²) in [5, 5.41) is 4.06. The second kappa shape index (κ2) is 9.76. The Morgan fingerprint density at radius 3 is 2.63 bits per heavy atom. The summed E-state index contributed by atoms with van der Waals surface area (Å²) in [6.07, 6.45) is 6.13. The molecule has 5 rings (SSSR count). The van der Waals surface area contributed by atoms with Crippen LogP contribution in [0.1, 0.15) is 57.5 Å². The molecule has 0 unspecified atom stereocenters. The maximum absolute atomic E-state index is 13.6. The van der Waals surface area contributed by atoms with Crippen molar-refractivity contribution < 1.29 is 9.59 Å². The highest BCUT2D eigenvalue weighted by atomic mass is 32.2. The molecule has 8 heteroatoms. The number of nitrogens with zero attached hydrogens (tertiary/aromatic N) is 2. The molecule has 2 aromatic heterocycles. The van der Waals surface area contributed by atoms with E-state index in [1.807, 2.05) is 43.3 Å². The van der Waals surface area contributed by atoms with Crippen molar-refractivity contribution in [3.8, 4) is 5.00 Å². The van der Waals surface area contributed by atoms with Crippen molar-refractivity contribution in [2.24, 2.45) is 0 Å². The monoisotopic (exact) mass is 521 g/mol. The first-order chi connectivity index (χ1) is 16.9. The van der Waals surface area contributed by atoms with E-state index in [1.54, 1.807) is 16.2 Å². The van der Waals surface area contributed by atoms with Crippen LogP contribution in [0.4, 0.5) is 5.69 Å². The summed E-state index contributed by atoms with van der Waals surface area (Å²) in [5.74, 6) is -0.106. The number of anilines is 1. The fourth-order valence-electron chi connectivity index (χ4n) is 4.82. The maximum Gasteiger partial charge on any atom is 0.266 e. The molecule has 0 spiro atoms. The van der Waals surface area contributed by atoms with Gasteiger partial charge in [0, 0.05) is 28.5 Å². The lowest BCUT2D eigenvalue weighted by molar-refractivity contribution is -0.121. The molecule has 0 radical (unpaired) electrons. The standard InChI is InChI=1S/C27H27N3O2S3/c1-4-29-25(32)22(35-27(29)33)15-18-14-16(2)30(17(18)3)26-23(20-12-8-9-13-21(20)34-26)24(31)28-19-10-6-5-7-11-19/h5-7,10-11,14-15H,4,8-9,12-13H2,1-3H3,(H,28,31)/b22-15-. The lowest BCUT2D eigenvalue weighted by atomic mass is 9.95. The number of aromatic nitrogens is 1. The van der Waals surface area contributed by atoms with Crippen molar-refractivity contribution in [2.45, 2.75) is 46.5 Å². The third-order valence-corrected chi connectivity index (χ3v) is 9.22. The molecule has 35 heavy (non-hydrogen) atoms. The Kier molecular flexibility index (Phi) is 6.70. The Bertz CT molecular complexity index is 1370. The van der Waals surface area contributed by atoms with E-state index in [0.717, 1.165) is 58.9 Å². The normalized spacial score (nSPS) is 16.8. The van der Waals surface area contributed by atoms with E-state index in [1.165, 1.54) is 22.2 Å². The number of aryl methyl sites for hydroxylation is 2. The first kappa shape index (κ1) is 24.0. The summed E-state index contributed by atoms with van der Waals surface area (Å²) in [5.41, 5.74) is 5.77. The van der Waals surface area contributed by atoms with Gasteiger partial charge in [0.2, 0.25) is 0 Å². The molecule has 180 valence electrons. The van der Waals surface area contributed by atoms with Crippen molar-refractivity contribution in [1.29, 1.82) is 0 Å². The molecular formula is C27H27N3O2S3. The molecule has 1 aliphatic carbocycles. The number of fused-ring (bicyclic) bond motifs is 1. The third kappa shape index (κ3) is 4.39. The van der Waals surface area contributed by atoms with Crippen LogP contribution in [0.3, 0.4) is 0 Å². The lowest BCUT2D eigenvalue weighted by Crippen LogP contribution is -2.27. The van der Waals surface area contributed by atoms with Crippen LogP contribution in [0.2, 0.25) is 0 Å². The van der Waals surface area contributed by atoms with Gasteiger partial charge in [0.1, 0.15) is 9.32 Å². The molecule has 0 bridgehead atoms. The number of thioether (sulfide) groups is 1. The van der Waals surface area contributed by atoms with Gasteiger partial charge in [0.25, 0.3) is 11.8 Å². The summed E-state index contributed by atoms with van der Waals surface area (Å²) in [6.45, 7) is 6.61. The minimum Gasteiger partial charge on any atom is -0.322 e. The van der Waals surface area contributed by atoms with Gasteiger partial charge in [-0.25, -0.2) is 0 Å². The van der Waals surface area contributed by atoms with Crippen molar-refractivity contribution in [2.75, 3.05) is 11.9 Å². The number of amides is 2. The summed E-state index contributed by atoms with van der Waals surface area (Å²) in [4.78, 5) is 29.9. The fourth-order valence-corrected chi connectivity index (χ4v) is 7.69. The number of hydrogen-bond acceptors (Lipinski definition) is 5. The van der Waals surface area contributed by atoms with Gasteiger partial charge in [-0.15, -0.1) is 11.3 Å². The van der Waals surface area contributed by atoms with Crippen molar-refractivity contribution in [3.05, 3.63) is 74.3 Å². The van der Waals surface area contributed by atoms with Gasteiger partial charge in [-0.3, -0.25) is 14.5 Å². The van der Waals surface area contributed by atoms with Crippen LogP contribution in [-0.2, 0) is 17.6 Å². The zero-order valence-electron chi connectivity index (χ0n) is 20.0. The number of carbonyl (C=O) groups is 2. The molecule has 5 nitrogen and oxygen atoms in total. The molecule has 1 N–H and O–H groups in total. The van der Waals surface area contributed by atoms with Crippen LogP contribution in [-0.4, -0.2) is 32.1 Å². The van der Waals surface area contributed by atoms with Crippen LogP contribution < -0.4 is 5.32 Å². The number of hydrogen-bond donors (Lipinski definition) is 1. The van der Waals surface area contributed by atoms with Gasteiger partial charge >= 0.3 is 0 Å². The van der Waals surface area contributed by atoms with Crippen LogP contribution >= 0.6 is 35.3 Å². The Morgan fingerprint density at radius 1 is 1.17 bits per heavy atom. The minimum absolute atomic E-state index is 0.0400. The smallest absolute Gasteiger partial charge is 0.266 e. The largest absolute Gasteiger partial charge is 0.322 e. The topological polar surface area (TPSA) is 54.3 Å². The maximum atomic E-state index is 13.6. The van der Waals surface area contributed by atoms with Gasteiger partial charge in [-0.05, 0) is 81.9 Å². The number of benzene rings is 1. The highest BCUT2D eigenvalue weighted by molar-refractivity contribution is 8.26. The average Bonchev–Trinajstić information content (AvgIpc) is 3.44. The molecule has 1 saturated heterocycles. The summed E-state index contributed by atoms with van der Waals surface area (Å²) >= 11 is 8.45. The molecule has 2 amide bonds. The Labute approximate surface area is 219 Å². The van der Waals surface area contributed by atoms with Crippen molar-refractivity contribution in [1.82, 2.24) is 9.47 Å². The van der Waals surface area contributed by atoms with Crippen LogP contribution in [0, 0.1) is 13.8 Å². The zero-order valence-corrected chi connectivity index (χ0v) is 22.5. The van der Waals surface area contributed by atoms with E-state index in [-0.39, 0.29) is 11.8 Å². The Hall–Kier alpha value is -2.68. The van der Waals surface area contributed by atoms with Gasteiger partial charge < -0.3 is 9.88 Å². The number of likely N-dealkylation sites (N-methyl/N-ethyl adjacent to an activating group) is 1. The van der Waals surface area contributed by atoms with Gasteiger partial charge in [0.15, 0.2) is 0 Å². The van der Waals surface area contributed by atoms with Crippen LogP contribution in [0.25, 0.3) is 11.1 Å². The number of rotatable bonds is 5. The first-order valence-corrected chi connectivity index (χ1v) is 13.9. The molecule has 1 aliphatic heterocycles. The lowest BCUT2D eigenvalue weighted by Gasteiger charge is -2.14. The third-order valence-electron chi connectivity index (χ3n) is 6.56. The van der Waals surface area contributed by atoms with E-state index >= 15 is 0 Å². The first-order valence-electron chi connectivity index (χ1n) is 11.8. The average molecular weight is 522 g/mol. The predicted octanol–water partition coefficient (Wildman–Crippen LogP) is 6.51. The molecule has 1 fully saturated rings. The number of carbonyl (C=O) groups excluding carboxylic acids is 2. The van der Waals surface area contributed by atoms with E-state index in [0.29, 0.717) is 15.8 Å². The van der Waals surface area contributed by atoms with Crippen LogP contribution in [0.15, 0.2) is 41.3 Å². The molecule has 0 atom stereocenters. The molecule has 0 saturated carbocycles. The number of thiophene rings is 1. The Morgan fingerprint density at radius 2 is 1.91 bits per heavy atom. The van der Waals surface area contributed by atoms with Crippen molar-refractivity contribution in [3.63, 3.8) is 0 Å². The molecule has 3 aromatic rings. The van der Waals surface area contributed by atoms with E-state index in [4.69, 9.17) is 12.2 Å². The zero-order chi connectivity index (χ0) is 24.7. The fraction of sp³-hybridized carbons (Fsp3) is 0.296. The molecular weight excluding hydrogens is 495 g/mol. The molecule has 1 aromatic carbocycles. The summed E-state index contributed by atoms with van der Waals surface area (Å²) < 4.78 is 2.78. The van der Waals surface area contributed by atoms with Gasteiger partial charge in [0.05, 0.1) is 10.5 Å². The van der Waals surface area contributed by atoms with Gasteiger partial charge in [-0.2, -0.15) is 0 Å². The van der Waals surface area contributed by atoms with Crippen LogP contribution in [0.5, 0.6) is 0 Å². The quantitative estimate of drug-likeness (QED) is 0.307. The summed E-state index contributed by atoms with van der Waals surface area (Å²) in [6, 6.07) is 11.7.